The van der Waals surface area contributed by atoms with E-state index < -0.39 is 53.0 Å². The van der Waals surface area contributed by atoms with E-state index in [1.54, 1.807) is 0 Å². The number of halogens is 7. The summed E-state index contributed by atoms with van der Waals surface area (Å²) < 4.78 is 122. The highest BCUT2D eigenvalue weighted by atomic mass is 19.3. The van der Waals surface area contributed by atoms with Crippen molar-refractivity contribution in [2.24, 2.45) is 5.41 Å². The minimum atomic E-state index is -4.35. The minimum absolute atomic E-state index is 0.0137. The van der Waals surface area contributed by atoms with Crippen molar-refractivity contribution in [1.82, 2.24) is 0 Å². The lowest BCUT2D eigenvalue weighted by atomic mass is 9.83. The van der Waals surface area contributed by atoms with E-state index in [0.29, 0.717) is 18.4 Å². The van der Waals surface area contributed by atoms with E-state index in [0.717, 1.165) is 31.0 Å². The average molecular weight is 522 g/mol. The van der Waals surface area contributed by atoms with Crippen LogP contribution in [-0.2, 0) is 26.3 Å². The maximum absolute atomic E-state index is 14.8. The zero-order chi connectivity index (χ0) is 26.1. The quantitative estimate of drug-likeness (QED) is 0.283. The molecule has 3 aliphatic heterocycles. The smallest absolute Gasteiger partial charge is 0.429 e. The predicted molar refractivity (Wildman–Crippen MR) is 110 cm³/mol. The molecule has 0 amide bonds. The zero-order valence-corrected chi connectivity index (χ0v) is 18.8. The first-order valence-electron chi connectivity index (χ1n) is 10.9. The Bertz CT molecular complexity index is 1090. The first kappa shape index (κ1) is 26.2. The van der Waals surface area contributed by atoms with Gasteiger partial charge in [0.15, 0.2) is 17.4 Å². The molecule has 5 nitrogen and oxygen atoms in total. The van der Waals surface area contributed by atoms with Gasteiger partial charge in [0.25, 0.3) is 6.43 Å². The summed E-state index contributed by atoms with van der Waals surface area (Å²) in [6, 6.07) is 3.27. The van der Waals surface area contributed by atoms with Crippen LogP contribution in [0.3, 0.4) is 0 Å². The van der Waals surface area contributed by atoms with E-state index in [4.69, 9.17) is 14.2 Å². The first-order valence-corrected chi connectivity index (χ1v) is 10.9. The molecule has 5 rings (SSSR count). The molecule has 0 spiro atoms. The van der Waals surface area contributed by atoms with E-state index in [2.05, 4.69) is 9.47 Å². The summed E-state index contributed by atoms with van der Waals surface area (Å²) in [6.45, 7) is 2.87. The maximum Gasteiger partial charge on any atom is 0.429 e. The average Bonchev–Trinajstić information content (AvgIpc) is 2.81. The number of hydrogen-bond acceptors (Lipinski definition) is 5. The van der Waals surface area contributed by atoms with E-state index in [1.807, 2.05) is 6.92 Å². The number of hydrogen-bond donors (Lipinski definition) is 0. The molecular weight excluding hydrogens is 501 g/mol. The number of alkyl halides is 4. The van der Waals surface area contributed by atoms with Crippen molar-refractivity contribution < 1.29 is 54.4 Å². The summed E-state index contributed by atoms with van der Waals surface area (Å²) in [6.07, 6.45) is -5.06. The fraction of sp³-hybridized carbons (Fsp3) is 0.417. The van der Waals surface area contributed by atoms with E-state index in [1.165, 1.54) is 0 Å². The Balaban J connectivity index is 1.51. The molecule has 12 heteroatoms. The number of fused-ring (bicyclic) bond motifs is 3. The molecule has 0 aliphatic carbocycles. The fourth-order valence-corrected chi connectivity index (χ4v) is 4.01. The Labute approximate surface area is 201 Å². The number of allylic oxidation sites excluding steroid dienone is 1. The fourth-order valence-electron chi connectivity index (χ4n) is 4.01. The molecule has 0 unspecified atom stereocenters. The van der Waals surface area contributed by atoms with Gasteiger partial charge in [0.2, 0.25) is 0 Å². The molecule has 3 aliphatic rings. The van der Waals surface area contributed by atoms with Gasteiger partial charge < -0.3 is 23.7 Å². The minimum Gasteiger partial charge on any atom is -0.459 e. The van der Waals surface area contributed by atoms with Crippen molar-refractivity contribution in [3.05, 3.63) is 71.2 Å². The molecule has 3 heterocycles. The van der Waals surface area contributed by atoms with Crippen LogP contribution in [-0.4, -0.2) is 26.2 Å². The first-order chi connectivity index (χ1) is 17.0. The van der Waals surface area contributed by atoms with Crippen LogP contribution in [0, 0.1) is 22.9 Å². The molecule has 2 aromatic rings. The molecule has 2 aromatic carbocycles. The van der Waals surface area contributed by atoms with Crippen LogP contribution in [0.15, 0.2) is 42.7 Å². The predicted octanol–water partition coefficient (Wildman–Crippen LogP) is 6.36. The monoisotopic (exact) mass is 522 g/mol. The SMILES string of the molecule is CCCC12COC(c3ccc(C(F)(F)Oc4cc(F)c(O/C=C/C(F)F)c(F)c4)c(F)c3)(OC1)OC2. The van der Waals surface area contributed by atoms with E-state index in [-0.39, 0.29) is 36.9 Å². The number of ether oxygens (including phenoxy) is 5. The second-order valence-corrected chi connectivity index (χ2v) is 8.48. The summed E-state index contributed by atoms with van der Waals surface area (Å²) in [5.74, 6) is -8.25. The zero-order valence-electron chi connectivity index (χ0n) is 18.8. The van der Waals surface area contributed by atoms with Crippen molar-refractivity contribution in [2.75, 3.05) is 19.8 Å². The molecule has 3 fully saturated rings. The molecule has 0 atom stereocenters. The maximum atomic E-state index is 14.8. The molecule has 196 valence electrons. The number of benzene rings is 2. The van der Waals surface area contributed by atoms with Gasteiger partial charge in [-0.05, 0) is 18.6 Å². The molecule has 0 N–H and O–H groups in total. The van der Waals surface area contributed by atoms with Crippen LogP contribution in [0.4, 0.5) is 30.7 Å². The normalized spacial score (nSPS) is 24.0. The third-order valence-corrected chi connectivity index (χ3v) is 5.75. The third kappa shape index (κ3) is 5.16. The van der Waals surface area contributed by atoms with E-state index in [9.17, 15) is 30.7 Å². The van der Waals surface area contributed by atoms with Gasteiger partial charge in [0.05, 0.1) is 31.6 Å². The highest BCUT2D eigenvalue weighted by molar-refractivity contribution is 5.36. The van der Waals surface area contributed by atoms with Crippen LogP contribution in [0.5, 0.6) is 11.5 Å². The molecule has 0 saturated carbocycles. The van der Waals surface area contributed by atoms with Gasteiger partial charge in [0, 0.05) is 29.2 Å². The Hall–Kier alpha value is -2.83. The number of rotatable bonds is 9. The second kappa shape index (κ2) is 9.91. The molecule has 3 saturated heterocycles. The summed E-state index contributed by atoms with van der Waals surface area (Å²) >= 11 is 0. The van der Waals surface area contributed by atoms with Gasteiger partial charge >= 0.3 is 12.1 Å². The van der Waals surface area contributed by atoms with E-state index >= 15 is 0 Å². The van der Waals surface area contributed by atoms with Gasteiger partial charge in [-0.25, -0.2) is 22.0 Å². The van der Waals surface area contributed by atoms with Crippen LogP contribution >= 0.6 is 0 Å². The summed E-state index contributed by atoms with van der Waals surface area (Å²) in [4.78, 5) is 0. The molecule has 36 heavy (non-hydrogen) atoms. The molecule has 0 radical (unpaired) electrons. The Morgan fingerprint density at radius 1 is 0.972 bits per heavy atom. The lowest BCUT2D eigenvalue weighted by molar-refractivity contribution is -0.480. The molecule has 2 bridgehead atoms. The highest BCUT2D eigenvalue weighted by Crippen LogP contribution is 2.47. The summed E-state index contributed by atoms with van der Waals surface area (Å²) in [7, 11) is 0. The van der Waals surface area contributed by atoms with Crippen LogP contribution in [0.2, 0.25) is 0 Å². The van der Waals surface area contributed by atoms with Gasteiger partial charge in [0.1, 0.15) is 11.6 Å². The molecular formula is C24H21F7O5. The standard InChI is InChI=1S/C24H21F7O5/c1-2-6-22-11-33-24(34-12-22,35-13-22)14-3-4-16(17(25)8-14)23(30,31)36-15-9-18(26)21(19(27)10-15)32-7-5-20(28)29/h3-5,7-10,20H,2,6,11-13H2,1H3/b7-5+. The van der Waals surface area contributed by atoms with Crippen LogP contribution < -0.4 is 9.47 Å². The lowest BCUT2D eigenvalue weighted by Gasteiger charge is -2.51. The van der Waals surface area contributed by atoms with Gasteiger partial charge in [-0.15, -0.1) is 0 Å². The summed E-state index contributed by atoms with van der Waals surface area (Å²) in [5.41, 5.74) is -1.53. The van der Waals surface area contributed by atoms with Crippen molar-refractivity contribution in [2.45, 2.75) is 38.3 Å². The van der Waals surface area contributed by atoms with Gasteiger partial charge in [-0.1, -0.05) is 19.4 Å². The topological polar surface area (TPSA) is 46.2 Å². The van der Waals surface area contributed by atoms with Gasteiger partial charge in [-0.3, -0.25) is 0 Å². The highest BCUT2D eigenvalue weighted by Gasteiger charge is 2.53. The van der Waals surface area contributed by atoms with Crippen molar-refractivity contribution in [3.63, 3.8) is 0 Å². The van der Waals surface area contributed by atoms with Crippen molar-refractivity contribution in [3.8, 4) is 11.5 Å². The lowest BCUT2D eigenvalue weighted by Crippen LogP contribution is -2.58. The Kier molecular flexibility index (Phi) is 7.22. The summed E-state index contributed by atoms with van der Waals surface area (Å²) in [5, 5.41) is 0. The Morgan fingerprint density at radius 3 is 2.11 bits per heavy atom. The van der Waals surface area contributed by atoms with Crippen molar-refractivity contribution >= 4 is 0 Å². The van der Waals surface area contributed by atoms with Crippen LogP contribution in [0.25, 0.3) is 0 Å². The van der Waals surface area contributed by atoms with Gasteiger partial charge in [-0.2, -0.15) is 8.78 Å². The van der Waals surface area contributed by atoms with Crippen LogP contribution in [0.1, 0.15) is 30.9 Å². The second-order valence-electron chi connectivity index (χ2n) is 8.48. The van der Waals surface area contributed by atoms with Crippen molar-refractivity contribution in [1.29, 1.82) is 0 Å². The third-order valence-electron chi connectivity index (χ3n) is 5.75. The Morgan fingerprint density at radius 2 is 1.58 bits per heavy atom. The largest absolute Gasteiger partial charge is 0.459 e. The molecule has 0 aromatic heterocycles.